The first kappa shape index (κ1) is 12.9. The molecule has 2 atom stereocenters. The lowest BCUT2D eigenvalue weighted by atomic mass is 9.85. The van der Waals surface area contributed by atoms with Gasteiger partial charge in [-0.2, -0.15) is 0 Å². The summed E-state index contributed by atoms with van der Waals surface area (Å²) < 4.78 is 0. The molecule has 0 heterocycles. The molecule has 2 rings (SSSR count). The molecule has 1 nitrogen and oxygen atoms in total. The third kappa shape index (κ3) is 3.23. The summed E-state index contributed by atoms with van der Waals surface area (Å²) in [6.45, 7) is 2.26. The summed E-state index contributed by atoms with van der Waals surface area (Å²) in [5.41, 5.74) is 1.45. The number of halogens is 1. The molecule has 1 N–H and O–H groups in total. The molecule has 17 heavy (non-hydrogen) atoms. The average molecular weight is 252 g/mol. The second-order valence-corrected chi connectivity index (χ2v) is 5.54. The number of hydrogen-bond donors (Lipinski definition) is 1. The van der Waals surface area contributed by atoms with Crippen molar-refractivity contribution in [1.29, 1.82) is 0 Å². The van der Waals surface area contributed by atoms with Crippen LogP contribution in [0.3, 0.4) is 0 Å². The topological polar surface area (TPSA) is 12.0 Å². The first-order valence-corrected chi connectivity index (χ1v) is 7.06. The molecule has 0 radical (unpaired) electrons. The zero-order chi connectivity index (χ0) is 12.3. The Kier molecular flexibility index (Phi) is 4.47. The lowest BCUT2D eigenvalue weighted by Crippen LogP contribution is -2.33. The Bertz CT molecular complexity index is 342. The van der Waals surface area contributed by atoms with Gasteiger partial charge in [0, 0.05) is 17.0 Å². The van der Waals surface area contributed by atoms with Gasteiger partial charge in [-0.15, -0.1) is 0 Å². The molecule has 1 aromatic carbocycles. The van der Waals surface area contributed by atoms with Crippen molar-refractivity contribution in [2.24, 2.45) is 5.92 Å². The molecule has 1 aliphatic carbocycles. The largest absolute Gasteiger partial charge is 0.316 e. The predicted molar refractivity (Wildman–Crippen MR) is 74.7 cm³/mol. The lowest BCUT2D eigenvalue weighted by molar-refractivity contribution is 0.399. The van der Waals surface area contributed by atoms with Crippen molar-refractivity contribution in [3.63, 3.8) is 0 Å². The van der Waals surface area contributed by atoms with Crippen LogP contribution in [-0.4, -0.2) is 13.1 Å². The number of hydrogen-bond acceptors (Lipinski definition) is 1. The summed E-state index contributed by atoms with van der Waals surface area (Å²) in [5, 5.41) is 4.34. The first-order valence-electron chi connectivity index (χ1n) is 6.69. The van der Waals surface area contributed by atoms with Crippen LogP contribution in [-0.2, 0) is 0 Å². The number of likely N-dealkylation sites (N-methyl/N-ethyl adjacent to an activating group) is 1. The second-order valence-electron chi connectivity index (χ2n) is 5.10. The van der Waals surface area contributed by atoms with Gasteiger partial charge in [-0.25, -0.2) is 0 Å². The van der Waals surface area contributed by atoms with Gasteiger partial charge in [0.05, 0.1) is 0 Å². The van der Waals surface area contributed by atoms with Gasteiger partial charge in [0.1, 0.15) is 0 Å². The maximum atomic E-state index is 5.97. The monoisotopic (exact) mass is 251 g/mol. The van der Waals surface area contributed by atoms with Gasteiger partial charge in [-0.3, -0.25) is 0 Å². The number of rotatable bonds is 6. The molecule has 0 spiro atoms. The van der Waals surface area contributed by atoms with Crippen LogP contribution in [0.2, 0.25) is 5.02 Å². The minimum Gasteiger partial charge on any atom is -0.316 e. The summed E-state index contributed by atoms with van der Waals surface area (Å²) >= 11 is 5.97. The highest BCUT2D eigenvalue weighted by molar-refractivity contribution is 6.30. The van der Waals surface area contributed by atoms with E-state index in [1.165, 1.54) is 31.2 Å². The van der Waals surface area contributed by atoms with Crippen molar-refractivity contribution in [3.8, 4) is 0 Å². The van der Waals surface area contributed by atoms with Crippen molar-refractivity contribution >= 4 is 11.6 Å². The van der Waals surface area contributed by atoms with Crippen molar-refractivity contribution < 1.29 is 0 Å². The van der Waals surface area contributed by atoms with Gasteiger partial charge < -0.3 is 5.32 Å². The van der Waals surface area contributed by atoms with Gasteiger partial charge in [0.15, 0.2) is 0 Å². The Morgan fingerprint density at radius 1 is 1.29 bits per heavy atom. The van der Waals surface area contributed by atoms with Crippen LogP contribution in [0.25, 0.3) is 0 Å². The molecule has 0 amide bonds. The molecule has 1 saturated carbocycles. The van der Waals surface area contributed by atoms with Crippen LogP contribution in [0.15, 0.2) is 24.3 Å². The SMILES string of the molecule is CCCC(NC)C(c1ccc(Cl)cc1)C1CC1. The smallest absolute Gasteiger partial charge is 0.0406 e. The zero-order valence-corrected chi connectivity index (χ0v) is 11.5. The Hall–Kier alpha value is -0.530. The van der Waals surface area contributed by atoms with E-state index in [0.29, 0.717) is 12.0 Å². The molecule has 2 heteroatoms. The van der Waals surface area contributed by atoms with E-state index in [9.17, 15) is 0 Å². The van der Waals surface area contributed by atoms with E-state index in [0.717, 1.165) is 10.9 Å². The van der Waals surface area contributed by atoms with Crippen molar-refractivity contribution in [3.05, 3.63) is 34.9 Å². The molecule has 0 bridgehead atoms. The number of nitrogens with one attached hydrogen (secondary N) is 1. The third-order valence-electron chi connectivity index (χ3n) is 3.79. The molecule has 0 saturated heterocycles. The van der Waals surface area contributed by atoms with Crippen LogP contribution < -0.4 is 5.32 Å². The molecule has 1 fully saturated rings. The summed E-state index contributed by atoms with van der Waals surface area (Å²) in [5.74, 6) is 1.54. The van der Waals surface area contributed by atoms with E-state index in [-0.39, 0.29) is 0 Å². The third-order valence-corrected chi connectivity index (χ3v) is 4.04. The Morgan fingerprint density at radius 3 is 2.41 bits per heavy atom. The van der Waals surface area contributed by atoms with E-state index in [1.807, 2.05) is 12.1 Å². The van der Waals surface area contributed by atoms with Gasteiger partial charge in [0.2, 0.25) is 0 Å². The molecule has 2 unspecified atom stereocenters. The Morgan fingerprint density at radius 2 is 1.94 bits per heavy atom. The molecule has 1 aliphatic rings. The van der Waals surface area contributed by atoms with Gasteiger partial charge >= 0.3 is 0 Å². The highest BCUT2D eigenvalue weighted by Crippen LogP contribution is 2.45. The quantitative estimate of drug-likeness (QED) is 0.798. The van der Waals surface area contributed by atoms with Crippen molar-refractivity contribution in [1.82, 2.24) is 5.32 Å². The highest BCUT2D eigenvalue weighted by atomic mass is 35.5. The van der Waals surface area contributed by atoms with E-state index < -0.39 is 0 Å². The maximum Gasteiger partial charge on any atom is 0.0406 e. The minimum absolute atomic E-state index is 0.605. The van der Waals surface area contributed by atoms with Gasteiger partial charge in [-0.1, -0.05) is 37.1 Å². The van der Waals surface area contributed by atoms with E-state index in [4.69, 9.17) is 11.6 Å². The fourth-order valence-corrected chi connectivity index (χ4v) is 2.91. The molecular weight excluding hydrogens is 230 g/mol. The standard InChI is InChI=1S/C15H22ClN/c1-3-4-14(17-2)15(11-5-6-11)12-7-9-13(16)10-8-12/h7-11,14-15,17H,3-6H2,1-2H3. The molecule has 94 valence electrons. The highest BCUT2D eigenvalue weighted by Gasteiger charge is 2.36. The normalized spacial score (nSPS) is 19.0. The lowest BCUT2D eigenvalue weighted by Gasteiger charge is -2.27. The van der Waals surface area contributed by atoms with E-state index in [1.54, 1.807) is 0 Å². The van der Waals surface area contributed by atoms with E-state index in [2.05, 4.69) is 31.4 Å². The summed E-state index contributed by atoms with van der Waals surface area (Å²) in [4.78, 5) is 0. The van der Waals surface area contributed by atoms with Crippen LogP contribution in [0.5, 0.6) is 0 Å². The summed E-state index contributed by atoms with van der Waals surface area (Å²) in [6, 6.07) is 9.04. The average Bonchev–Trinajstić information content (AvgIpc) is 3.15. The first-order chi connectivity index (χ1) is 8.26. The number of benzene rings is 1. The molecule has 0 aromatic heterocycles. The zero-order valence-electron chi connectivity index (χ0n) is 10.7. The van der Waals surface area contributed by atoms with E-state index >= 15 is 0 Å². The van der Waals surface area contributed by atoms with Crippen molar-refractivity contribution in [2.75, 3.05) is 7.05 Å². The van der Waals surface area contributed by atoms with Crippen LogP contribution in [0, 0.1) is 5.92 Å². The minimum atomic E-state index is 0.605. The fourth-order valence-electron chi connectivity index (χ4n) is 2.79. The van der Waals surface area contributed by atoms with Gasteiger partial charge in [-0.05, 0) is 49.9 Å². The van der Waals surface area contributed by atoms with Crippen molar-refractivity contribution in [2.45, 2.75) is 44.6 Å². The van der Waals surface area contributed by atoms with Crippen LogP contribution in [0.4, 0.5) is 0 Å². The van der Waals surface area contributed by atoms with Crippen LogP contribution in [0.1, 0.15) is 44.1 Å². The van der Waals surface area contributed by atoms with Gasteiger partial charge in [0.25, 0.3) is 0 Å². The van der Waals surface area contributed by atoms with Crippen LogP contribution >= 0.6 is 11.6 Å². The summed E-state index contributed by atoms with van der Waals surface area (Å²) in [7, 11) is 2.09. The molecular formula is C15H22ClN. The second kappa shape index (κ2) is 5.88. The fraction of sp³-hybridized carbons (Fsp3) is 0.600. The predicted octanol–water partition coefficient (Wildman–Crippen LogP) is 4.22. The Balaban J connectivity index is 2.18. The Labute approximate surface area is 110 Å². The molecule has 0 aliphatic heterocycles. The maximum absolute atomic E-state index is 5.97. The summed E-state index contributed by atoms with van der Waals surface area (Å²) in [6.07, 6.45) is 5.26. The molecule has 1 aromatic rings.